The molecule has 0 fully saturated rings. The first-order valence-electron chi connectivity index (χ1n) is 8.00. The van der Waals surface area contributed by atoms with E-state index in [0.29, 0.717) is 28.3 Å². The Morgan fingerprint density at radius 2 is 1.96 bits per heavy atom. The molecule has 0 spiro atoms. The molecular weight excluding hydrogens is 350 g/mol. The highest BCUT2D eigenvalue weighted by Crippen LogP contribution is 2.34. The highest BCUT2D eigenvalue weighted by Gasteiger charge is 2.15. The molecule has 0 atom stereocenters. The summed E-state index contributed by atoms with van der Waals surface area (Å²) in [5.41, 5.74) is 2.65. The lowest BCUT2D eigenvalue weighted by molar-refractivity contribution is -0.384. The molecule has 2 N–H and O–H groups in total. The molecule has 27 heavy (non-hydrogen) atoms. The largest absolute Gasteiger partial charge is 0.497 e. The van der Waals surface area contributed by atoms with E-state index in [0.717, 1.165) is 16.7 Å². The van der Waals surface area contributed by atoms with Crippen LogP contribution in [0.5, 0.6) is 11.5 Å². The lowest BCUT2D eigenvalue weighted by Crippen LogP contribution is -1.99. The summed E-state index contributed by atoms with van der Waals surface area (Å²) < 4.78 is 10.6. The SMILES string of the molecule is COc1ccc2[nH]c3c(Nc4cc([N+](=O)[O-])ccc4OC)ncnc3c2c1. The summed E-state index contributed by atoms with van der Waals surface area (Å²) in [4.78, 5) is 22.5. The first-order valence-corrected chi connectivity index (χ1v) is 8.00. The van der Waals surface area contributed by atoms with Crippen molar-refractivity contribution >= 4 is 39.1 Å². The summed E-state index contributed by atoms with van der Waals surface area (Å²) in [6, 6.07) is 9.95. The van der Waals surface area contributed by atoms with Crippen LogP contribution in [-0.4, -0.2) is 34.1 Å². The van der Waals surface area contributed by atoms with Gasteiger partial charge in [-0.25, -0.2) is 9.97 Å². The van der Waals surface area contributed by atoms with Crippen molar-refractivity contribution < 1.29 is 14.4 Å². The van der Waals surface area contributed by atoms with Gasteiger partial charge in [-0.3, -0.25) is 10.1 Å². The highest BCUT2D eigenvalue weighted by atomic mass is 16.6. The second kappa shape index (κ2) is 6.45. The fourth-order valence-corrected chi connectivity index (χ4v) is 2.93. The van der Waals surface area contributed by atoms with E-state index in [4.69, 9.17) is 9.47 Å². The van der Waals surface area contributed by atoms with E-state index in [2.05, 4.69) is 20.3 Å². The molecule has 0 unspecified atom stereocenters. The van der Waals surface area contributed by atoms with Crippen molar-refractivity contribution in [2.75, 3.05) is 19.5 Å². The Labute approximate surface area is 153 Å². The quantitative estimate of drug-likeness (QED) is 0.408. The Hall–Kier alpha value is -3.88. The van der Waals surface area contributed by atoms with Gasteiger partial charge in [0, 0.05) is 23.0 Å². The molecule has 0 radical (unpaired) electrons. The maximum absolute atomic E-state index is 11.1. The van der Waals surface area contributed by atoms with E-state index in [1.807, 2.05) is 18.2 Å². The first-order chi connectivity index (χ1) is 13.1. The maximum Gasteiger partial charge on any atom is 0.271 e. The van der Waals surface area contributed by atoms with Crippen LogP contribution in [0, 0.1) is 10.1 Å². The van der Waals surface area contributed by atoms with Gasteiger partial charge in [0.25, 0.3) is 5.69 Å². The number of non-ortho nitro benzene ring substituents is 1. The normalized spacial score (nSPS) is 10.9. The summed E-state index contributed by atoms with van der Waals surface area (Å²) in [5.74, 6) is 1.66. The van der Waals surface area contributed by atoms with Gasteiger partial charge in [-0.15, -0.1) is 0 Å². The van der Waals surface area contributed by atoms with Gasteiger partial charge in [0.2, 0.25) is 0 Å². The molecular formula is C18H15N5O4. The van der Waals surface area contributed by atoms with Crippen LogP contribution >= 0.6 is 0 Å². The third-order valence-electron chi connectivity index (χ3n) is 4.24. The molecule has 0 bridgehead atoms. The summed E-state index contributed by atoms with van der Waals surface area (Å²) in [6.07, 6.45) is 1.43. The number of nitro groups is 1. The number of ether oxygens (including phenoxy) is 2. The predicted octanol–water partition coefficient (Wildman–Crippen LogP) is 3.78. The van der Waals surface area contributed by atoms with Crippen molar-refractivity contribution in [1.29, 1.82) is 0 Å². The Bertz CT molecular complexity index is 1170. The van der Waals surface area contributed by atoms with Crippen LogP contribution in [0.3, 0.4) is 0 Å². The molecule has 0 saturated carbocycles. The Morgan fingerprint density at radius 1 is 1.11 bits per heavy atom. The first kappa shape index (κ1) is 16.6. The molecule has 0 amide bonds. The molecule has 0 saturated heterocycles. The van der Waals surface area contributed by atoms with E-state index < -0.39 is 4.92 Å². The van der Waals surface area contributed by atoms with E-state index >= 15 is 0 Å². The molecule has 4 rings (SSSR count). The molecule has 0 aliphatic carbocycles. The molecule has 2 aromatic heterocycles. The molecule has 0 aliphatic heterocycles. The van der Waals surface area contributed by atoms with Crippen LogP contribution in [0.4, 0.5) is 17.2 Å². The number of fused-ring (bicyclic) bond motifs is 3. The maximum atomic E-state index is 11.1. The number of hydrogen-bond acceptors (Lipinski definition) is 7. The Morgan fingerprint density at radius 3 is 2.70 bits per heavy atom. The molecule has 136 valence electrons. The molecule has 9 heteroatoms. The molecule has 9 nitrogen and oxygen atoms in total. The van der Waals surface area contributed by atoms with Crippen LogP contribution in [0.1, 0.15) is 0 Å². The molecule has 0 aliphatic rings. The average molecular weight is 365 g/mol. The van der Waals surface area contributed by atoms with E-state index in [9.17, 15) is 10.1 Å². The number of hydrogen-bond donors (Lipinski definition) is 2. The third-order valence-corrected chi connectivity index (χ3v) is 4.24. The van der Waals surface area contributed by atoms with Gasteiger partial charge in [0.05, 0.1) is 24.8 Å². The van der Waals surface area contributed by atoms with Gasteiger partial charge in [0.15, 0.2) is 5.82 Å². The van der Waals surface area contributed by atoms with E-state index in [1.165, 1.54) is 31.6 Å². The van der Waals surface area contributed by atoms with Crippen LogP contribution in [0.2, 0.25) is 0 Å². The fraction of sp³-hybridized carbons (Fsp3) is 0.111. The minimum absolute atomic E-state index is 0.0509. The van der Waals surface area contributed by atoms with Crippen molar-refractivity contribution in [2.45, 2.75) is 0 Å². The number of nitrogens with zero attached hydrogens (tertiary/aromatic N) is 3. The number of aromatic nitrogens is 3. The smallest absolute Gasteiger partial charge is 0.271 e. The fourth-order valence-electron chi connectivity index (χ4n) is 2.93. The van der Waals surface area contributed by atoms with E-state index in [1.54, 1.807) is 7.11 Å². The zero-order valence-electron chi connectivity index (χ0n) is 14.5. The van der Waals surface area contributed by atoms with Gasteiger partial charge in [0.1, 0.15) is 28.9 Å². The predicted molar refractivity (Wildman–Crippen MR) is 101 cm³/mol. The zero-order chi connectivity index (χ0) is 19.0. The minimum atomic E-state index is -0.463. The monoisotopic (exact) mass is 365 g/mol. The number of methoxy groups -OCH3 is 2. The topological polar surface area (TPSA) is 115 Å². The second-order valence-electron chi connectivity index (χ2n) is 5.75. The van der Waals surface area contributed by atoms with Crippen molar-refractivity contribution in [2.24, 2.45) is 0 Å². The summed E-state index contributed by atoms with van der Waals surface area (Å²) in [7, 11) is 3.10. The molecule has 2 heterocycles. The van der Waals surface area contributed by atoms with Gasteiger partial charge in [-0.05, 0) is 24.3 Å². The van der Waals surface area contributed by atoms with Crippen molar-refractivity contribution in [3.8, 4) is 11.5 Å². The number of H-pyrrole nitrogens is 1. The number of rotatable bonds is 5. The number of nitro benzene ring substituents is 1. The third kappa shape index (κ3) is 2.84. The minimum Gasteiger partial charge on any atom is -0.497 e. The number of nitrogens with one attached hydrogen (secondary N) is 2. The Balaban J connectivity index is 1.85. The van der Waals surface area contributed by atoms with Crippen LogP contribution in [0.15, 0.2) is 42.7 Å². The highest BCUT2D eigenvalue weighted by molar-refractivity contribution is 6.08. The molecule has 2 aromatic carbocycles. The number of benzene rings is 2. The average Bonchev–Trinajstić information content (AvgIpc) is 3.06. The van der Waals surface area contributed by atoms with Gasteiger partial charge >= 0.3 is 0 Å². The van der Waals surface area contributed by atoms with Gasteiger partial charge in [-0.1, -0.05) is 0 Å². The second-order valence-corrected chi connectivity index (χ2v) is 5.75. The van der Waals surface area contributed by atoms with Crippen LogP contribution < -0.4 is 14.8 Å². The van der Waals surface area contributed by atoms with Crippen molar-refractivity contribution in [3.05, 3.63) is 52.8 Å². The van der Waals surface area contributed by atoms with E-state index in [-0.39, 0.29) is 5.69 Å². The van der Waals surface area contributed by atoms with Crippen molar-refractivity contribution in [1.82, 2.24) is 15.0 Å². The summed E-state index contributed by atoms with van der Waals surface area (Å²) >= 11 is 0. The van der Waals surface area contributed by atoms with Gasteiger partial charge in [-0.2, -0.15) is 0 Å². The van der Waals surface area contributed by atoms with Crippen LogP contribution in [0.25, 0.3) is 21.9 Å². The van der Waals surface area contributed by atoms with Gasteiger partial charge < -0.3 is 19.8 Å². The van der Waals surface area contributed by atoms with Crippen LogP contribution in [-0.2, 0) is 0 Å². The number of anilines is 2. The lowest BCUT2D eigenvalue weighted by Gasteiger charge is -2.10. The Kier molecular flexibility index (Phi) is 3.96. The zero-order valence-corrected chi connectivity index (χ0v) is 14.5. The standard InChI is InChI=1S/C18H15N5O4/c1-26-11-4-5-13-12(8-11)16-17(21-13)18(20-9-19-16)22-14-7-10(23(24)25)3-6-15(14)27-2/h3-9,21H,1-2H3,(H,19,20,22). The summed E-state index contributed by atoms with van der Waals surface area (Å²) in [5, 5.41) is 15.1. The lowest BCUT2D eigenvalue weighted by atomic mass is 10.2. The summed E-state index contributed by atoms with van der Waals surface area (Å²) in [6.45, 7) is 0. The number of aromatic amines is 1. The molecule has 4 aromatic rings. The van der Waals surface area contributed by atoms with Crippen molar-refractivity contribution in [3.63, 3.8) is 0 Å².